The molecule has 9 nitrogen and oxygen atoms in total. The van der Waals surface area contributed by atoms with Crippen LogP contribution >= 0.6 is 0 Å². The van der Waals surface area contributed by atoms with Crippen LogP contribution in [0.15, 0.2) is 54.7 Å². The summed E-state index contributed by atoms with van der Waals surface area (Å²) >= 11 is 0. The van der Waals surface area contributed by atoms with Crippen LogP contribution in [0, 0.1) is 0 Å². The summed E-state index contributed by atoms with van der Waals surface area (Å²) in [7, 11) is 1.59. The number of amides is 2. The molecule has 2 aromatic carbocycles. The van der Waals surface area contributed by atoms with Crippen LogP contribution < -0.4 is 15.4 Å². The molecule has 0 fully saturated rings. The first-order valence-corrected chi connectivity index (χ1v) is 10.1. The van der Waals surface area contributed by atoms with Gasteiger partial charge in [0, 0.05) is 11.3 Å². The normalized spacial score (nSPS) is 14.8. The van der Waals surface area contributed by atoms with E-state index in [1.807, 2.05) is 24.3 Å². The number of rotatable bonds is 6. The Labute approximate surface area is 184 Å². The number of hydrogen-bond acceptors (Lipinski definition) is 6. The molecule has 1 aromatic heterocycles. The molecule has 2 amide bonds. The minimum absolute atomic E-state index is 0.0382. The first kappa shape index (κ1) is 21.1. The lowest BCUT2D eigenvalue weighted by molar-refractivity contribution is -0.125. The molecule has 164 valence electrons. The lowest BCUT2D eigenvalue weighted by Crippen LogP contribution is -2.35. The van der Waals surface area contributed by atoms with Crippen molar-refractivity contribution >= 4 is 29.3 Å². The van der Waals surface area contributed by atoms with Crippen molar-refractivity contribution in [3.05, 3.63) is 60.3 Å². The second kappa shape index (κ2) is 8.93. The summed E-state index contributed by atoms with van der Waals surface area (Å²) in [6.45, 7) is 2.02. The molecule has 1 atom stereocenters. The van der Waals surface area contributed by atoms with Gasteiger partial charge in [-0.25, -0.2) is 9.48 Å². The maximum Gasteiger partial charge on any atom is 0.338 e. The highest BCUT2D eigenvalue weighted by molar-refractivity contribution is 6.03. The SMILES string of the molecule is CCOC(=O)c1ccc(NC(=O)[C@@H]2CC(=O)Nc3c(-c4ccc(OC)cc4)cnn32)cc1. The Morgan fingerprint density at radius 2 is 1.88 bits per heavy atom. The number of anilines is 2. The van der Waals surface area contributed by atoms with E-state index in [4.69, 9.17) is 9.47 Å². The van der Waals surface area contributed by atoms with Crippen LogP contribution in [0.1, 0.15) is 29.7 Å². The molecule has 0 saturated heterocycles. The van der Waals surface area contributed by atoms with Crippen molar-refractivity contribution < 1.29 is 23.9 Å². The van der Waals surface area contributed by atoms with Gasteiger partial charge in [0.05, 0.1) is 31.9 Å². The highest BCUT2D eigenvalue weighted by Crippen LogP contribution is 2.35. The van der Waals surface area contributed by atoms with Gasteiger partial charge in [-0.3, -0.25) is 9.59 Å². The predicted molar refractivity (Wildman–Crippen MR) is 118 cm³/mol. The summed E-state index contributed by atoms with van der Waals surface area (Å²) in [6.07, 6.45) is 1.58. The Kier molecular flexibility index (Phi) is 5.89. The molecular weight excluding hydrogens is 412 g/mol. The van der Waals surface area contributed by atoms with Crippen molar-refractivity contribution in [3.8, 4) is 16.9 Å². The molecule has 3 aromatic rings. The number of aromatic nitrogens is 2. The summed E-state index contributed by atoms with van der Waals surface area (Å²) in [4.78, 5) is 37.1. The zero-order valence-electron chi connectivity index (χ0n) is 17.6. The van der Waals surface area contributed by atoms with E-state index < -0.39 is 12.0 Å². The molecule has 0 aliphatic carbocycles. The highest BCUT2D eigenvalue weighted by atomic mass is 16.5. The number of carbonyl (C=O) groups excluding carboxylic acids is 3. The Balaban J connectivity index is 1.55. The summed E-state index contributed by atoms with van der Waals surface area (Å²) in [5.41, 5.74) is 2.43. The van der Waals surface area contributed by atoms with Crippen LogP contribution in [0.2, 0.25) is 0 Å². The fourth-order valence-electron chi connectivity index (χ4n) is 3.48. The second-order valence-corrected chi connectivity index (χ2v) is 7.14. The predicted octanol–water partition coefficient (Wildman–Crippen LogP) is 3.26. The van der Waals surface area contributed by atoms with Crippen LogP contribution in [0.4, 0.5) is 11.5 Å². The van der Waals surface area contributed by atoms with E-state index in [0.717, 1.165) is 5.56 Å². The lowest BCUT2D eigenvalue weighted by atomic mass is 10.1. The summed E-state index contributed by atoms with van der Waals surface area (Å²) in [5.74, 6) is 0.0933. The molecule has 1 aliphatic heterocycles. The number of methoxy groups -OCH3 is 1. The first-order valence-electron chi connectivity index (χ1n) is 10.1. The number of carbonyl (C=O) groups is 3. The number of nitrogens with one attached hydrogen (secondary N) is 2. The van der Waals surface area contributed by atoms with Crippen LogP contribution in [-0.2, 0) is 14.3 Å². The molecule has 0 saturated carbocycles. The lowest BCUT2D eigenvalue weighted by Gasteiger charge is -2.24. The van der Waals surface area contributed by atoms with Crippen molar-refractivity contribution in [2.75, 3.05) is 24.4 Å². The smallest absolute Gasteiger partial charge is 0.338 e. The van der Waals surface area contributed by atoms with Crippen LogP contribution in [0.3, 0.4) is 0 Å². The van der Waals surface area contributed by atoms with E-state index in [-0.39, 0.29) is 24.8 Å². The van der Waals surface area contributed by atoms with Gasteiger partial charge < -0.3 is 20.1 Å². The van der Waals surface area contributed by atoms with Gasteiger partial charge in [0.1, 0.15) is 17.6 Å². The van der Waals surface area contributed by atoms with E-state index in [9.17, 15) is 14.4 Å². The molecule has 2 N–H and O–H groups in total. The zero-order valence-corrected chi connectivity index (χ0v) is 17.6. The molecule has 0 radical (unpaired) electrons. The monoisotopic (exact) mass is 434 g/mol. The number of hydrogen-bond donors (Lipinski definition) is 2. The van der Waals surface area contributed by atoms with Crippen LogP contribution in [0.25, 0.3) is 11.1 Å². The molecule has 4 rings (SSSR count). The Morgan fingerprint density at radius 1 is 1.16 bits per heavy atom. The van der Waals surface area contributed by atoms with Gasteiger partial charge in [-0.2, -0.15) is 5.10 Å². The third kappa shape index (κ3) is 4.18. The van der Waals surface area contributed by atoms with E-state index in [0.29, 0.717) is 28.4 Å². The van der Waals surface area contributed by atoms with Gasteiger partial charge in [0.2, 0.25) is 11.8 Å². The molecule has 0 unspecified atom stereocenters. The molecule has 2 heterocycles. The molecule has 1 aliphatic rings. The third-order valence-electron chi connectivity index (χ3n) is 5.09. The molecular formula is C23H22N4O5. The fourth-order valence-corrected chi connectivity index (χ4v) is 3.48. The van der Waals surface area contributed by atoms with Gasteiger partial charge in [-0.15, -0.1) is 0 Å². The largest absolute Gasteiger partial charge is 0.497 e. The number of fused-ring (bicyclic) bond motifs is 1. The summed E-state index contributed by atoms with van der Waals surface area (Å²) in [6, 6.07) is 12.9. The quantitative estimate of drug-likeness (QED) is 0.576. The van der Waals surface area contributed by atoms with E-state index in [1.165, 1.54) is 4.68 Å². The summed E-state index contributed by atoms with van der Waals surface area (Å²) in [5, 5.41) is 9.96. The van der Waals surface area contributed by atoms with Gasteiger partial charge in [0.15, 0.2) is 0 Å². The fraction of sp³-hybridized carbons (Fsp3) is 0.217. The molecule has 32 heavy (non-hydrogen) atoms. The Bertz CT molecular complexity index is 1150. The third-order valence-corrected chi connectivity index (χ3v) is 5.09. The van der Waals surface area contributed by atoms with Gasteiger partial charge >= 0.3 is 5.97 Å². The molecule has 0 spiro atoms. The first-order chi connectivity index (χ1) is 15.5. The average Bonchev–Trinajstić information content (AvgIpc) is 3.22. The standard InChI is InChI=1S/C23H22N4O5/c1-3-32-23(30)15-4-8-16(9-5-15)25-22(29)19-12-20(28)26-21-18(13-24-27(19)21)14-6-10-17(31-2)11-7-14/h4-11,13,19H,3,12H2,1-2H3,(H,25,29)(H,26,28)/t19-/m0/s1. The van der Waals surface area contributed by atoms with Crippen molar-refractivity contribution in [2.24, 2.45) is 0 Å². The highest BCUT2D eigenvalue weighted by Gasteiger charge is 2.33. The average molecular weight is 434 g/mol. The second-order valence-electron chi connectivity index (χ2n) is 7.14. The van der Waals surface area contributed by atoms with Gasteiger partial charge in [-0.1, -0.05) is 12.1 Å². The van der Waals surface area contributed by atoms with Gasteiger partial charge in [-0.05, 0) is 48.9 Å². The molecule has 9 heteroatoms. The Morgan fingerprint density at radius 3 is 2.53 bits per heavy atom. The van der Waals surface area contributed by atoms with E-state index >= 15 is 0 Å². The maximum absolute atomic E-state index is 13.0. The van der Waals surface area contributed by atoms with Crippen LogP contribution in [0.5, 0.6) is 5.75 Å². The van der Waals surface area contributed by atoms with Gasteiger partial charge in [0.25, 0.3) is 0 Å². The Hall–Kier alpha value is -4.14. The topological polar surface area (TPSA) is 112 Å². The van der Waals surface area contributed by atoms with Crippen molar-refractivity contribution in [3.63, 3.8) is 0 Å². The van der Waals surface area contributed by atoms with E-state index in [2.05, 4.69) is 15.7 Å². The minimum atomic E-state index is -0.810. The maximum atomic E-state index is 13.0. The zero-order chi connectivity index (χ0) is 22.7. The van der Waals surface area contributed by atoms with E-state index in [1.54, 1.807) is 44.5 Å². The minimum Gasteiger partial charge on any atom is -0.497 e. The van der Waals surface area contributed by atoms with Crippen LogP contribution in [-0.4, -0.2) is 41.3 Å². The number of benzene rings is 2. The summed E-state index contributed by atoms with van der Waals surface area (Å²) < 4.78 is 11.7. The molecule has 0 bridgehead atoms. The number of ether oxygens (including phenoxy) is 2. The van der Waals surface area contributed by atoms with Crippen molar-refractivity contribution in [1.82, 2.24) is 9.78 Å². The number of esters is 1. The number of nitrogens with zero attached hydrogens (tertiary/aromatic N) is 2. The van der Waals surface area contributed by atoms with Crippen molar-refractivity contribution in [1.29, 1.82) is 0 Å². The van der Waals surface area contributed by atoms with Crippen molar-refractivity contribution in [2.45, 2.75) is 19.4 Å².